The summed E-state index contributed by atoms with van der Waals surface area (Å²) < 4.78 is 0. The van der Waals surface area contributed by atoms with Gasteiger partial charge in [-0.15, -0.1) is 0 Å². The van der Waals surface area contributed by atoms with Gasteiger partial charge >= 0.3 is 0 Å². The van der Waals surface area contributed by atoms with Gasteiger partial charge in [0.1, 0.15) is 5.82 Å². The number of nitrogens with zero attached hydrogens (tertiary/aromatic N) is 2. The molecule has 2 rings (SSSR count). The molecule has 1 fully saturated rings. The summed E-state index contributed by atoms with van der Waals surface area (Å²) in [6.07, 6.45) is 3.10. The molecule has 2 heterocycles. The number of rotatable bonds is 1. The molecule has 4 nitrogen and oxygen atoms in total. The van der Waals surface area contributed by atoms with Gasteiger partial charge in [0.15, 0.2) is 6.23 Å². The molecular weight excluding hydrogens is 178 g/mol. The Hall–Kier alpha value is -1.13. The molecule has 1 radical (unpaired) electrons. The average molecular weight is 192 g/mol. The summed E-state index contributed by atoms with van der Waals surface area (Å²) in [5.41, 5.74) is 6.53. The molecule has 0 saturated carbocycles. The van der Waals surface area contributed by atoms with E-state index < -0.39 is 0 Å². The minimum absolute atomic E-state index is 0.0908. The quantitative estimate of drug-likeness (QED) is 0.695. The Morgan fingerprint density at radius 2 is 2.36 bits per heavy atom. The molecule has 1 aliphatic rings. The maximum absolute atomic E-state index is 9.76. The summed E-state index contributed by atoms with van der Waals surface area (Å²) in [7, 11) is 1.89. The van der Waals surface area contributed by atoms with Crippen molar-refractivity contribution in [3.8, 4) is 0 Å². The molecule has 1 aromatic heterocycles. The van der Waals surface area contributed by atoms with E-state index in [4.69, 9.17) is 5.73 Å². The minimum atomic E-state index is 0.0908. The van der Waals surface area contributed by atoms with E-state index >= 15 is 0 Å². The highest BCUT2D eigenvalue weighted by Gasteiger charge is 2.32. The van der Waals surface area contributed by atoms with E-state index in [0.29, 0.717) is 12.0 Å². The number of pyridine rings is 1. The summed E-state index contributed by atoms with van der Waals surface area (Å²) in [6.45, 7) is 0.890. The SMILES string of the molecule is CN1CCC(c2ccc(N)nc2)[C]1O. The average Bonchev–Trinajstić information content (AvgIpc) is 2.50. The van der Waals surface area contributed by atoms with Crippen molar-refractivity contribution in [3.63, 3.8) is 0 Å². The first-order chi connectivity index (χ1) is 6.68. The second-order valence-electron chi connectivity index (χ2n) is 3.64. The van der Waals surface area contributed by atoms with E-state index in [-0.39, 0.29) is 5.92 Å². The van der Waals surface area contributed by atoms with E-state index in [1.807, 2.05) is 18.0 Å². The van der Waals surface area contributed by atoms with Crippen LogP contribution in [0.4, 0.5) is 5.82 Å². The van der Waals surface area contributed by atoms with E-state index in [9.17, 15) is 5.11 Å². The standard InChI is InChI=1S/C10H14N3O/c1-13-5-4-8(10(13)14)7-2-3-9(11)12-6-7/h2-3,6,8,14H,4-5H2,1H3,(H2,11,12). The summed E-state index contributed by atoms with van der Waals surface area (Å²) in [4.78, 5) is 5.88. The van der Waals surface area contributed by atoms with Gasteiger partial charge in [0.05, 0.1) is 0 Å². The van der Waals surface area contributed by atoms with Crippen LogP contribution in [0, 0.1) is 6.23 Å². The van der Waals surface area contributed by atoms with Gasteiger partial charge < -0.3 is 10.8 Å². The van der Waals surface area contributed by atoms with Crippen LogP contribution in [-0.2, 0) is 0 Å². The highest BCUT2D eigenvalue weighted by atomic mass is 16.3. The van der Waals surface area contributed by atoms with Gasteiger partial charge in [-0.1, -0.05) is 6.07 Å². The van der Waals surface area contributed by atoms with Crippen LogP contribution < -0.4 is 5.73 Å². The molecule has 75 valence electrons. The number of aromatic nitrogens is 1. The summed E-state index contributed by atoms with van der Waals surface area (Å²) >= 11 is 0. The third-order valence-electron chi connectivity index (χ3n) is 2.67. The van der Waals surface area contributed by atoms with Crippen LogP contribution in [0.1, 0.15) is 17.9 Å². The Labute approximate surface area is 83.4 Å². The van der Waals surface area contributed by atoms with E-state index in [0.717, 1.165) is 18.5 Å². The van der Waals surface area contributed by atoms with Gasteiger partial charge in [-0.2, -0.15) is 0 Å². The van der Waals surface area contributed by atoms with Gasteiger partial charge in [-0.3, -0.25) is 4.90 Å². The normalized spacial score (nSPS) is 24.3. The minimum Gasteiger partial charge on any atom is -0.384 e. The topological polar surface area (TPSA) is 62.4 Å². The molecule has 0 aliphatic carbocycles. The monoisotopic (exact) mass is 192 g/mol. The lowest BCUT2D eigenvalue weighted by Crippen LogP contribution is -2.19. The maximum atomic E-state index is 9.76. The van der Waals surface area contributed by atoms with Crippen molar-refractivity contribution < 1.29 is 5.11 Å². The van der Waals surface area contributed by atoms with Crippen LogP contribution in [0.2, 0.25) is 0 Å². The highest BCUT2D eigenvalue weighted by Crippen LogP contribution is 2.35. The number of likely N-dealkylation sites (N-methyl/N-ethyl adjacent to an activating group) is 1. The van der Waals surface area contributed by atoms with Crippen LogP contribution in [0.5, 0.6) is 0 Å². The van der Waals surface area contributed by atoms with Crippen molar-refractivity contribution in [2.24, 2.45) is 0 Å². The van der Waals surface area contributed by atoms with Crippen LogP contribution in [0.3, 0.4) is 0 Å². The van der Waals surface area contributed by atoms with Crippen molar-refractivity contribution in [2.75, 3.05) is 19.3 Å². The lowest BCUT2D eigenvalue weighted by atomic mass is 9.99. The molecule has 1 saturated heterocycles. The first-order valence-electron chi connectivity index (χ1n) is 4.67. The van der Waals surface area contributed by atoms with Gasteiger partial charge in [0, 0.05) is 18.7 Å². The zero-order chi connectivity index (χ0) is 10.1. The van der Waals surface area contributed by atoms with Crippen LogP contribution in [-0.4, -0.2) is 28.6 Å². The van der Waals surface area contributed by atoms with Crippen molar-refractivity contribution in [1.29, 1.82) is 0 Å². The zero-order valence-corrected chi connectivity index (χ0v) is 8.14. The number of likely N-dealkylation sites (tertiary alicyclic amines) is 1. The predicted octanol–water partition coefficient (Wildman–Crippen LogP) is 0.945. The number of hydrogen-bond acceptors (Lipinski definition) is 4. The molecule has 0 bridgehead atoms. The van der Waals surface area contributed by atoms with Crippen molar-refractivity contribution >= 4 is 5.82 Å². The largest absolute Gasteiger partial charge is 0.384 e. The number of nitrogen functional groups attached to an aromatic ring is 1. The number of aliphatic hydroxyl groups excluding tert-OH is 1. The van der Waals surface area contributed by atoms with Crippen molar-refractivity contribution in [2.45, 2.75) is 12.3 Å². The molecule has 0 aromatic carbocycles. The van der Waals surface area contributed by atoms with Gasteiger partial charge in [-0.05, 0) is 25.1 Å². The Morgan fingerprint density at radius 1 is 1.57 bits per heavy atom. The van der Waals surface area contributed by atoms with Gasteiger partial charge in [0.2, 0.25) is 0 Å². The fourth-order valence-electron chi connectivity index (χ4n) is 1.77. The highest BCUT2D eigenvalue weighted by molar-refractivity contribution is 5.32. The first kappa shape index (κ1) is 9.43. The number of hydrogen-bond donors (Lipinski definition) is 2. The summed E-state index contributed by atoms with van der Waals surface area (Å²) in [6, 6.07) is 3.68. The third kappa shape index (κ3) is 1.58. The van der Waals surface area contributed by atoms with E-state index in [1.165, 1.54) is 0 Å². The fourth-order valence-corrected chi connectivity index (χ4v) is 1.77. The summed E-state index contributed by atoms with van der Waals surface area (Å²) in [5, 5.41) is 9.76. The van der Waals surface area contributed by atoms with Crippen molar-refractivity contribution in [3.05, 3.63) is 30.1 Å². The molecule has 1 atom stereocenters. The molecule has 4 heteroatoms. The zero-order valence-electron chi connectivity index (χ0n) is 8.14. The van der Waals surface area contributed by atoms with Crippen LogP contribution in [0.25, 0.3) is 0 Å². The number of nitrogens with two attached hydrogens (primary N) is 1. The Bertz CT molecular complexity index is 312. The predicted molar refractivity (Wildman–Crippen MR) is 53.8 cm³/mol. The Balaban J connectivity index is 2.19. The van der Waals surface area contributed by atoms with Crippen LogP contribution >= 0.6 is 0 Å². The second-order valence-corrected chi connectivity index (χ2v) is 3.64. The lowest BCUT2D eigenvalue weighted by Gasteiger charge is -2.17. The van der Waals surface area contributed by atoms with Crippen molar-refractivity contribution in [1.82, 2.24) is 9.88 Å². The third-order valence-corrected chi connectivity index (χ3v) is 2.67. The first-order valence-corrected chi connectivity index (χ1v) is 4.67. The maximum Gasteiger partial charge on any atom is 0.168 e. The number of anilines is 1. The molecule has 3 N–H and O–H groups in total. The van der Waals surface area contributed by atoms with Gasteiger partial charge in [-0.25, -0.2) is 4.98 Å². The Kier molecular flexibility index (Phi) is 2.39. The number of aliphatic hydroxyl groups is 1. The fraction of sp³-hybridized carbons (Fsp3) is 0.400. The molecule has 1 aromatic rings. The molecule has 1 unspecified atom stereocenters. The second kappa shape index (κ2) is 3.55. The molecular formula is C10H14N3O. The van der Waals surface area contributed by atoms with Crippen LogP contribution in [0.15, 0.2) is 18.3 Å². The smallest absolute Gasteiger partial charge is 0.168 e. The summed E-state index contributed by atoms with van der Waals surface area (Å²) in [5.74, 6) is 0.604. The molecule has 0 amide bonds. The van der Waals surface area contributed by atoms with Gasteiger partial charge in [0.25, 0.3) is 0 Å². The molecule has 14 heavy (non-hydrogen) atoms. The van der Waals surface area contributed by atoms with E-state index in [1.54, 1.807) is 12.3 Å². The molecule has 0 spiro atoms. The Morgan fingerprint density at radius 3 is 2.86 bits per heavy atom. The molecule has 1 aliphatic heterocycles. The lowest BCUT2D eigenvalue weighted by molar-refractivity contribution is 0.159. The van der Waals surface area contributed by atoms with E-state index in [2.05, 4.69) is 4.98 Å².